The van der Waals surface area contributed by atoms with E-state index in [0.717, 1.165) is 25.7 Å². The van der Waals surface area contributed by atoms with Crippen LogP contribution in [0.1, 0.15) is 57.2 Å². The fourth-order valence-electron chi connectivity index (χ4n) is 3.00. The predicted octanol–water partition coefficient (Wildman–Crippen LogP) is 4.01. The van der Waals surface area contributed by atoms with Gasteiger partial charge in [0.05, 0.1) is 5.69 Å². The maximum atomic E-state index is 12.4. The van der Waals surface area contributed by atoms with Crippen molar-refractivity contribution in [2.24, 2.45) is 0 Å². The molecule has 6 heteroatoms. The van der Waals surface area contributed by atoms with Crippen molar-refractivity contribution in [3.63, 3.8) is 0 Å². The van der Waals surface area contributed by atoms with Gasteiger partial charge in [0.25, 0.3) is 5.91 Å². The first-order valence-corrected chi connectivity index (χ1v) is 9.50. The number of hydrogen-bond acceptors (Lipinski definition) is 5. The molecule has 0 radical (unpaired) electrons. The molecule has 0 saturated carbocycles. The highest BCUT2D eigenvalue weighted by molar-refractivity contribution is 7.14. The molecule has 0 saturated heterocycles. The zero-order valence-electron chi connectivity index (χ0n) is 14.8. The average molecular weight is 371 g/mol. The highest BCUT2D eigenvalue weighted by Gasteiger charge is 2.23. The maximum absolute atomic E-state index is 12.4. The first kappa shape index (κ1) is 18.3. The summed E-state index contributed by atoms with van der Waals surface area (Å²) < 4.78 is 5.32. The molecule has 0 bridgehead atoms. The Labute approximate surface area is 156 Å². The molecular weight excluding hydrogens is 350 g/mol. The van der Waals surface area contributed by atoms with Gasteiger partial charge in [0.15, 0.2) is 11.9 Å². The Morgan fingerprint density at radius 1 is 1.15 bits per heavy atom. The number of amides is 1. The van der Waals surface area contributed by atoms with E-state index in [-0.39, 0.29) is 5.78 Å². The van der Waals surface area contributed by atoms with Gasteiger partial charge >= 0.3 is 5.97 Å². The largest absolute Gasteiger partial charge is 0.448 e. The molecular formula is C20H21NO4S. The van der Waals surface area contributed by atoms with Crippen LogP contribution in [0.25, 0.3) is 0 Å². The lowest BCUT2D eigenvalue weighted by atomic mass is 9.99. The smallest absolute Gasteiger partial charge is 0.349 e. The van der Waals surface area contributed by atoms with Gasteiger partial charge in [0.2, 0.25) is 0 Å². The molecule has 1 N–H and O–H groups in total. The highest BCUT2D eigenvalue weighted by atomic mass is 32.1. The lowest BCUT2D eigenvalue weighted by Gasteiger charge is -2.14. The molecule has 1 aromatic heterocycles. The maximum Gasteiger partial charge on any atom is 0.349 e. The van der Waals surface area contributed by atoms with Crippen molar-refractivity contribution >= 4 is 34.7 Å². The number of para-hydroxylation sites is 1. The van der Waals surface area contributed by atoms with Crippen LogP contribution in [-0.4, -0.2) is 23.8 Å². The number of anilines is 1. The molecule has 0 unspecified atom stereocenters. The van der Waals surface area contributed by atoms with Gasteiger partial charge in [-0.15, -0.1) is 11.3 Å². The summed E-state index contributed by atoms with van der Waals surface area (Å²) in [7, 11) is 0. The first-order valence-electron chi connectivity index (χ1n) is 8.69. The van der Waals surface area contributed by atoms with E-state index in [0.29, 0.717) is 16.1 Å². The van der Waals surface area contributed by atoms with Crippen molar-refractivity contribution in [3.05, 3.63) is 51.2 Å². The Balaban J connectivity index is 1.65. The molecule has 1 heterocycles. The number of nitrogens with one attached hydrogen (secondary N) is 1. The second-order valence-electron chi connectivity index (χ2n) is 6.40. The van der Waals surface area contributed by atoms with E-state index in [1.165, 1.54) is 35.6 Å². The van der Waals surface area contributed by atoms with Crippen molar-refractivity contribution < 1.29 is 19.1 Å². The van der Waals surface area contributed by atoms with Crippen LogP contribution in [0, 0.1) is 0 Å². The number of thiophene rings is 1. The van der Waals surface area contributed by atoms with E-state index < -0.39 is 18.0 Å². The fraction of sp³-hybridized carbons (Fsp3) is 0.350. The number of aryl methyl sites for hydroxylation is 2. The Hall–Kier alpha value is -2.47. The van der Waals surface area contributed by atoms with E-state index in [1.807, 2.05) is 6.07 Å². The molecule has 0 spiro atoms. The van der Waals surface area contributed by atoms with E-state index >= 15 is 0 Å². The van der Waals surface area contributed by atoms with Gasteiger partial charge in [-0.2, -0.15) is 0 Å². The second-order valence-corrected chi connectivity index (χ2v) is 7.54. The Morgan fingerprint density at radius 3 is 2.62 bits per heavy atom. The number of Topliss-reactive ketones (excluding diaryl/α,β-unsaturated/α-hetero) is 1. The fourth-order valence-corrected chi connectivity index (χ4v) is 4.13. The average Bonchev–Trinajstić information content (AvgIpc) is 3.06. The van der Waals surface area contributed by atoms with Gasteiger partial charge in [-0.05, 0) is 63.3 Å². The number of rotatable bonds is 5. The topological polar surface area (TPSA) is 72.5 Å². The summed E-state index contributed by atoms with van der Waals surface area (Å²) in [5, 5.41) is 2.66. The summed E-state index contributed by atoms with van der Waals surface area (Å²) in [4.78, 5) is 38.1. The molecule has 1 atom stereocenters. The van der Waals surface area contributed by atoms with Gasteiger partial charge in [-0.1, -0.05) is 12.1 Å². The standard InChI is InChI=1S/C20H21NO4S/c1-12(22)15-8-4-5-9-16(15)21-19(23)13(2)25-20(24)18-11-14-7-3-6-10-17(14)26-18/h4-5,8-9,11,13H,3,6-7,10H2,1-2H3,(H,21,23)/t13-/m1/s1. The summed E-state index contributed by atoms with van der Waals surface area (Å²) in [6.07, 6.45) is 3.34. The summed E-state index contributed by atoms with van der Waals surface area (Å²) in [6.45, 7) is 2.96. The lowest BCUT2D eigenvalue weighted by molar-refractivity contribution is -0.123. The third-order valence-electron chi connectivity index (χ3n) is 4.42. The molecule has 136 valence electrons. The Morgan fingerprint density at radius 2 is 1.88 bits per heavy atom. The van der Waals surface area contributed by atoms with Gasteiger partial charge in [-0.3, -0.25) is 9.59 Å². The van der Waals surface area contributed by atoms with Crippen LogP contribution in [0.3, 0.4) is 0 Å². The third-order valence-corrected chi connectivity index (χ3v) is 5.63. The molecule has 0 fully saturated rings. The van der Waals surface area contributed by atoms with Crippen LogP contribution in [0.4, 0.5) is 5.69 Å². The van der Waals surface area contributed by atoms with Crippen LogP contribution in [0.5, 0.6) is 0 Å². The molecule has 5 nitrogen and oxygen atoms in total. The van der Waals surface area contributed by atoms with Crippen LogP contribution in [-0.2, 0) is 22.4 Å². The van der Waals surface area contributed by atoms with E-state index in [1.54, 1.807) is 24.3 Å². The number of fused-ring (bicyclic) bond motifs is 1. The molecule has 26 heavy (non-hydrogen) atoms. The van der Waals surface area contributed by atoms with Crippen molar-refractivity contribution in [2.45, 2.75) is 45.6 Å². The zero-order valence-corrected chi connectivity index (χ0v) is 15.7. The van der Waals surface area contributed by atoms with E-state index in [9.17, 15) is 14.4 Å². The summed E-state index contributed by atoms with van der Waals surface area (Å²) >= 11 is 1.46. The molecule has 1 aliphatic rings. The minimum Gasteiger partial charge on any atom is -0.448 e. The van der Waals surface area contributed by atoms with Crippen LogP contribution in [0.2, 0.25) is 0 Å². The molecule has 1 aromatic carbocycles. The first-order chi connectivity index (χ1) is 12.5. The van der Waals surface area contributed by atoms with Crippen molar-refractivity contribution in [1.29, 1.82) is 0 Å². The quantitative estimate of drug-likeness (QED) is 0.637. The van der Waals surface area contributed by atoms with Gasteiger partial charge < -0.3 is 10.1 Å². The number of hydrogen-bond donors (Lipinski definition) is 1. The van der Waals surface area contributed by atoms with Crippen molar-refractivity contribution in [1.82, 2.24) is 0 Å². The van der Waals surface area contributed by atoms with E-state index in [2.05, 4.69) is 5.32 Å². The number of carbonyl (C=O) groups excluding carboxylic acids is 3. The lowest BCUT2D eigenvalue weighted by Crippen LogP contribution is -2.30. The molecule has 3 rings (SSSR count). The van der Waals surface area contributed by atoms with Crippen molar-refractivity contribution in [2.75, 3.05) is 5.32 Å². The minimum absolute atomic E-state index is 0.144. The number of ether oxygens (including phenoxy) is 1. The van der Waals surface area contributed by atoms with Crippen LogP contribution < -0.4 is 5.32 Å². The zero-order chi connectivity index (χ0) is 18.7. The number of benzene rings is 1. The summed E-state index contributed by atoms with van der Waals surface area (Å²) in [5.41, 5.74) is 2.06. The monoisotopic (exact) mass is 371 g/mol. The van der Waals surface area contributed by atoms with E-state index in [4.69, 9.17) is 4.74 Å². The molecule has 1 amide bonds. The normalized spacial score (nSPS) is 14.2. The SMILES string of the molecule is CC(=O)c1ccccc1NC(=O)[C@@H](C)OC(=O)c1cc2c(s1)CCCC2. The molecule has 2 aromatic rings. The number of carbonyl (C=O) groups is 3. The second kappa shape index (κ2) is 7.83. The Kier molecular flexibility index (Phi) is 5.52. The highest BCUT2D eigenvalue weighted by Crippen LogP contribution is 2.30. The molecule has 1 aliphatic carbocycles. The predicted molar refractivity (Wildman–Crippen MR) is 101 cm³/mol. The van der Waals surface area contributed by atoms with Crippen LogP contribution in [0.15, 0.2) is 30.3 Å². The Bertz CT molecular complexity index is 832. The van der Waals surface area contributed by atoms with Crippen molar-refractivity contribution in [3.8, 4) is 0 Å². The number of ketones is 1. The number of esters is 1. The van der Waals surface area contributed by atoms with Gasteiger partial charge in [-0.25, -0.2) is 4.79 Å². The van der Waals surface area contributed by atoms with Gasteiger partial charge in [0, 0.05) is 10.4 Å². The summed E-state index contributed by atoms with van der Waals surface area (Å²) in [5.74, 6) is -1.09. The van der Waals surface area contributed by atoms with Gasteiger partial charge in [0.1, 0.15) is 4.88 Å². The molecule has 0 aliphatic heterocycles. The third kappa shape index (κ3) is 4.02. The minimum atomic E-state index is -0.957. The van der Waals surface area contributed by atoms with Crippen LogP contribution >= 0.6 is 11.3 Å². The summed E-state index contributed by atoms with van der Waals surface area (Å²) in [6, 6.07) is 8.64.